The van der Waals surface area contributed by atoms with E-state index in [9.17, 15) is 14.4 Å². The van der Waals surface area contributed by atoms with Crippen LogP contribution in [-0.2, 0) is 11.2 Å². The average molecular weight is 508 g/mol. The van der Waals surface area contributed by atoms with Crippen molar-refractivity contribution in [3.05, 3.63) is 86.4 Å². The number of fused-ring (bicyclic) bond motifs is 2. The molecule has 2 aromatic carbocycles. The normalized spacial score (nSPS) is 11.2. The van der Waals surface area contributed by atoms with Gasteiger partial charge in [-0.25, -0.2) is 9.59 Å². The molecule has 5 aromatic rings. The van der Waals surface area contributed by atoms with Crippen LogP contribution in [0.1, 0.15) is 19.1 Å². The van der Waals surface area contributed by atoms with Gasteiger partial charge in [-0.05, 0) is 31.2 Å². The number of carbonyl (C=O) groups excluding carboxylic acids is 1. The molecule has 0 aliphatic carbocycles. The van der Waals surface area contributed by atoms with Gasteiger partial charge in [0.25, 0.3) is 0 Å². The van der Waals surface area contributed by atoms with Crippen LogP contribution in [0.25, 0.3) is 33.1 Å². The third-order valence-corrected chi connectivity index (χ3v) is 5.55. The van der Waals surface area contributed by atoms with E-state index >= 15 is 0 Å². The lowest BCUT2D eigenvalue weighted by atomic mass is 10.0. The quantitative estimate of drug-likeness (QED) is 0.167. The molecule has 36 heavy (non-hydrogen) atoms. The molecular formula is C26H18ClNO8. The van der Waals surface area contributed by atoms with Crippen LogP contribution >= 0.6 is 11.6 Å². The summed E-state index contributed by atoms with van der Waals surface area (Å²) in [6.07, 6.45) is 0.281. The number of carbonyl (C=O) groups is 1. The molecule has 0 amide bonds. The highest BCUT2D eigenvalue weighted by atomic mass is 35.5. The van der Waals surface area contributed by atoms with E-state index in [2.05, 4.69) is 5.16 Å². The van der Waals surface area contributed by atoms with Gasteiger partial charge in [0.15, 0.2) is 16.5 Å². The molecular weight excluding hydrogens is 490 g/mol. The van der Waals surface area contributed by atoms with E-state index in [-0.39, 0.29) is 34.9 Å². The fraction of sp³-hybridized carbons (Fsp3) is 0.154. The van der Waals surface area contributed by atoms with Crippen molar-refractivity contribution in [2.45, 2.75) is 19.8 Å². The number of esters is 1. The summed E-state index contributed by atoms with van der Waals surface area (Å²) in [5.74, 6) is 0.554. The van der Waals surface area contributed by atoms with Crippen LogP contribution in [0.2, 0.25) is 5.15 Å². The summed E-state index contributed by atoms with van der Waals surface area (Å²) in [6.45, 7) is 2.25. The van der Waals surface area contributed by atoms with Gasteiger partial charge in [0.05, 0.1) is 18.6 Å². The third kappa shape index (κ3) is 4.73. The molecule has 0 bridgehead atoms. The molecule has 0 fully saturated rings. The molecule has 0 saturated carbocycles. The minimum Gasteiger partial charge on any atom is -0.490 e. The molecule has 10 heteroatoms. The number of aryl methyl sites for hydroxylation is 1. The first kappa shape index (κ1) is 23.4. The van der Waals surface area contributed by atoms with Gasteiger partial charge in [-0.15, -0.1) is 0 Å². The van der Waals surface area contributed by atoms with Gasteiger partial charge in [-0.3, -0.25) is 4.79 Å². The fourth-order valence-electron chi connectivity index (χ4n) is 3.82. The molecule has 0 aliphatic rings. The molecule has 3 heterocycles. The Morgan fingerprint density at radius 1 is 1.03 bits per heavy atom. The van der Waals surface area contributed by atoms with Gasteiger partial charge in [0, 0.05) is 41.0 Å². The predicted octanol–water partition coefficient (Wildman–Crippen LogP) is 5.14. The van der Waals surface area contributed by atoms with E-state index in [0.29, 0.717) is 40.0 Å². The molecule has 182 valence electrons. The summed E-state index contributed by atoms with van der Waals surface area (Å²) in [7, 11) is 0. The number of hydrogen-bond donors (Lipinski definition) is 0. The fourth-order valence-corrected chi connectivity index (χ4v) is 3.97. The highest BCUT2D eigenvalue weighted by molar-refractivity contribution is 6.29. The van der Waals surface area contributed by atoms with E-state index < -0.39 is 17.2 Å². The number of halogens is 1. The van der Waals surface area contributed by atoms with Crippen LogP contribution in [0.4, 0.5) is 0 Å². The zero-order valence-electron chi connectivity index (χ0n) is 18.9. The molecule has 0 aliphatic heterocycles. The van der Waals surface area contributed by atoms with Crippen LogP contribution in [0.3, 0.4) is 0 Å². The maximum absolute atomic E-state index is 12.9. The summed E-state index contributed by atoms with van der Waals surface area (Å²) < 4.78 is 26.8. The topological polar surface area (TPSA) is 122 Å². The van der Waals surface area contributed by atoms with Gasteiger partial charge >= 0.3 is 17.2 Å². The Balaban J connectivity index is 1.47. The second-order valence-electron chi connectivity index (χ2n) is 7.78. The summed E-state index contributed by atoms with van der Waals surface area (Å²) in [5.41, 5.74) is -0.326. The van der Waals surface area contributed by atoms with Crippen molar-refractivity contribution < 1.29 is 27.6 Å². The number of hydrogen-bond acceptors (Lipinski definition) is 9. The highest BCUT2D eigenvalue weighted by Gasteiger charge is 2.17. The van der Waals surface area contributed by atoms with Crippen LogP contribution in [-0.4, -0.2) is 17.7 Å². The van der Waals surface area contributed by atoms with Crippen molar-refractivity contribution in [2.24, 2.45) is 0 Å². The first-order valence-electron chi connectivity index (χ1n) is 11.0. The number of benzene rings is 2. The standard InChI is InChI=1S/C26H18ClNO8/c1-2-32-20-5-3-4-14-10-19(26(31)35-25(14)20)18-13-24(30)34-21-11-15(6-8-17(18)21)33-23(29)9-7-16-12-22(27)28-36-16/h3-6,8,10-13H,2,7,9H2,1H3. The van der Waals surface area contributed by atoms with E-state index in [1.807, 2.05) is 6.92 Å². The summed E-state index contributed by atoms with van der Waals surface area (Å²) in [4.78, 5) is 37.5. The number of para-hydroxylation sites is 1. The average Bonchev–Trinajstić information content (AvgIpc) is 3.27. The molecule has 0 unspecified atom stereocenters. The zero-order valence-corrected chi connectivity index (χ0v) is 19.7. The third-order valence-electron chi connectivity index (χ3n) is 5.37. The van der Waals surface area contributed by atoms with Crippen molar-refractivity contribution in [3.8, 4) is 22.6 Å². The molecule has 0 atom stereocenters. The minimum absolute atomic E-state index is 0.0232. The monoisotopic (exact) mass is 507 g/mol. The van der Waals surface area contributed by atoms with Gasteiger partial charge in [-0.2, -0.15) is 0 Å². The summed E-state index contributed by atoms with van der Waals surface area (Å²) in [6, 6.07) is 14.2. The Morgan fingerprint density at radius 2 is 1.89 bits per heavy atom. The van der Waals surface area contributed by atoms with Crippen LogP contribution in [0.5, 0.6) is 11.5 Å². The Morgan fingerprint density at radius 3 is 2.67 bits per heavy atom. The van der Waals surface area contributed by atoms with Gasteiger partial charge in [0.1, 0.15) is 17.1 Å². The first-order valence-corrected chi connectivity index (χ1v) is 11.4. The second kappa shape index (κ2) is 9.71. The molecule has 0 N–H and O–H groups in total. The maximum atomic E-state index is 12.9. The Labute approximate surface area is 207 Å². The van der Waals surface area contributed by atoms with Crippen molar-refractivity contribution in [3.63, 3.8) is 0 Å². The summed E-state index contributed by atoms with van der Waals surface area (Å²) in [5, 5.41) is 4.86. The van der Waals surface area contributed by atoms with Crippen LogP contribution in [0, 0.1) is 0 Å². The lowest BCUT2D eigenvalue weighted by Crippen LogP contribution is -2.09. The zero-order chi connectivity index (χ0) is 25.2. The van der Waals surface area contributed by atoms with Crippen molar-refractivity contribution in [1.82, 2.24) is 5.16 Å². The van der Waals surface area contributed by atoms with Crippen molar-refractivity contribution in [2.75, 3.05) is 6.61 Å². The Hall–Kier alpha value is -4.37. The van der Waals surface area contributed by atoms with Crippen molar-refractivity contribution in [1.29, 1.82) is 0 Å². The van der Waals surface area contributed by atoms with Crippen LogP contribution < -0.4 is 20.7 Å². The van der Waals surface area contributed by atoms with Gasteiger partial charge < -0.3 is 22.8 Å². The van der Waals surface area contributed by atoms with E-state index in [4.69, 9.17) is 34.4 Å². The van der Waals surface area contributed by atoms with E-state index in [1.165, 1.54) is 18.2 Å². The number of aromatic nitrogens is 1. The van der Waals surface area contributed by atoms with Gasteiger partial charge in [0.2, 0.25) is 0 Å². The molecule has 3 aromatic heterocycles. The SMILES string of the molecule is CCOc1cccc2cc(-c3cc(=O)oc4cc(OC(=O)CCc5cc(Cl)no5)ccc34)c(=O)oc12. The molecule has 9 nitrogen and oxygen atoms in total. The summed E-state index contributed by atoms with van der Waals surface area (Å²) >= 11 is 5.70. The maximum Gasteiger partial charge on any atom is 0.344 e. The number of nitrogens with zero attached hydrogens (tertiary/aromatic N) is 1. The molecule has 5 rings (SSSR count). The number of ether oxygens (including phenoxy) is 2. The molecule has 0 saturated heterocycles. The minimum atomic E-state index is -0.675. The second-order valence-corrected chi connectivity index (χ2v) is 8.17. The van der Waals surface area contributed by atoms with E-state index in [1.54, 1.807) is 36.4 Å². The Kier molecular flexibility index (Phi) is 6.30. The number of rotatable bonds is 7. The van der Waals surface area contributed by atoms with Crippen LogP contribution in [0.15, 0.2) is 77.5 Å². The smallest absolute Gasteiger partial charge is 0.344 e. The predicted molar refractivity (Wildman–Crippen MR) is 131 cm³/mol. The Bertz CT molecular complexity index is 1720. The first-order chi connectivity index (χ1) is 17.4. The highest BCUT2D eigenvalue weighted by Crippen LogP contribution is 2.32. The lowest BCUT2D eigenvalue weighted by molar-refractivity contribution is -0.134. The molecule has 0 spiro atoms. The largest absolute Gasteiger partial charge is 0.490 e. The lowest BCUT2D eigenvalue weighted by Gasteiger charge is -2.09. The van der Waals surface area contributed by atoms with Crippen molar-refractivity contribution >= 4 is 39.5 Å². The molecule has 0 radical (unpaired) electrons. The van der Waals surface area contributed by atoms with Gasteiger partial charge in [-0.1, -0.05) is 28.9 Å². The van der Waals surface area contributed by atoms with E-state index in [0.717, 1.165) is 0 Å².